The summed E-state index contributed by atoms with van der Waals surface area (Å²) in [6.45, 7) is 1.38. The minimum Gasteiger partial charge on any atom is -0.390 e. The van der Waals surface area contributed by atoms with Crippen LogP contribution in [0.15, 0.2) is 0 Å². The summed E-state index contributed by atoms with van der Waals surface area (Å²) in [6, 6.07) is -7.67. The molecular formula is C49H97N11O22S4. The molecule has 2 saturated carbocycles. The molecule has 0 amide bonds. The van der Waals surface area contributed by atoms with E-state index < -0.39 is 202 Å². The van der Waals surface area contributed by atoms with Gasteiger partial charge in [-0.15, -0.1) is 0 Å². The highest BCUT2D eigenvalue weighted by Crippen LogP contribution is 2.37. The zero-order valence-corrected chi connectivity index (χ0v) is 51.0. The predicted molar refractivity (Wildman–Crippen MR) is 314 cm³/mol. The lowest BCUT2D eigenvalue weighted by Crippen LogP contribution is -2.68. The van der Waals surface area contributed by atoms with E-state index in [2.05, 4.69) is 0 Å². The van der Waals surface area contributed by atoms with Crippen LogP contribution in [0.4, 0.5) is 0 Å². The van der Waals surface area contributed by atoms with Crippen LogP contribution in [0.3, 0.4) is 0 Å². The Hall–Kier alpha value is 0.0800. The quantitative estimate of drug-likeness (QED) is 0.0235. The number of aliphatic hydroxyl groups is 10. The third-order valence-electron chi connectivity index (χ3n) is 16.4. The van der Waals surface area contributed by atoms with Crippen molar-refractivity contribution in [3.8, 4) is 0 Å². The first-order valence-electron chi connectivity index (χ1n) is 29.1. The molecule has 37 heteroatoms. The van der Waals surface area contributed by atoms with Crippen molar-refractivity contribution in [2.24, 2.45) is 63.1 Å². The second kappa shape index (κ2) is 35.0. The van der Waals surface area contributed by atoms with Crippen molar-refractivity contribution < 1.29 is 108 Å². The van der Waals surface area contributed by atoms with E-state index in [4.69, 9.17) is 120 Å². The molecule has 5 heterocycles. The van der Waals surface area contributed by atoms with Crippen LogP contribution in [-0.4, -0.2) is 334 Å². The summed E-state index contributed by atoms with van der Waals surface area (Å²) in [5.41, 5.74) is 67.7. The molecule has 86 heavy (non-hydrogen) atoms. The standard InChI is InChI=1S/C49H97N11O22S4/c50-12-23-22(61)11-21(57)45(73-23)78-40-18(54)10-19(55)41(38(40)69)79-48-37(68)28(58)32(63)26(76-48)15-83-5-1-71-3-7-85-86-8-4-72-2-6-84-16-27-43(81-47-30(60)36(67)34(65)25(14-52)75-47)39(70)49(77-27)82-44-31(62)17(53)9-20(56)42(44)80-46-29(59)35(66)33(64)24(13-51)74-46/h17-49,61-70H,1-16,50-60H2/t17-,18+,19?,20?,21?,22+,23?,24?,25+,26?,27-,28?,29?,30-,31?,32-,33-,34?,35-,36+,37?,38?,39+,40+,41+,42-,43+,44-,45-,46-,47?,48-,49+/m1/s1. The van der Waals surface area contributed by atoms with Gasteiger partial charge in [-0.2, -0.15) is 23.5 Å². The molecule has 0 aromatic rings. The molecule has 0 aromatic heterocycles. The summed E-state index contributed by atoms with van der Waals surface area (Å²) in [5, 5.41) is 109. The highest BCUT2D eigenvalue weighted by atomic mass is 33.1. The van der Waals surface area contributed by atoms with Crippen LogP contribution in [0.2, 0.25) is 0 Å². The number of rotatable bonds is 30. The van der Waals surface area contributed by atoms with Gasteiger partial charge in [0.25, 0.3) is 0 Å². The van der Waals surface area contributed by atoms with E-state index in [1.807, 2.05) is 0 Å². The van der Waals surface area contributed by atoms with Gasteiger partial charge in [-0.3, -0.25) is 0 Å². The maximum Gasteiger partial charge on any atom is 0.187 e. The SMILES string of the molecule is NCC1O[C@H](O[C@@H]2C(N)C[C@@H](N)C(O)[C@H]2O[C@@H]2O[C@H](CSCCOCCSSCCOCCSCC3O[C@H](O[C@H]4C(N)C[C@H](N)[C@H](O[C@H]5OC(CN)[C@@H](O)CC5N)C4O)C(O)C(N)[C@@H]3O)[C@H](OC3O[C@@H](CN)C(O)[C@@H](O)[C@H]3N)[C@@H]2O)C(N)[C@@H](O)[C@@H]1O. The molecule has 7 aliphatic rings. The molecule has 32 N–H and O–H groups in total. The van der Waals surface area contributed by atoms with Crippen LogP contribution < -0.4 is 63.1 Å². The van der Waals surface area contributed by atoms with Crippen molar-refractivity contribution in [3.63, 3.8) is 0 Å². The maximum atomic E-state index is 11.8. The van der Waals surface area contributed by atoms with Gasteiger partial charge in [0.05, 0.1) is 87.2 Å². The summed E-state index contributed by atoms with van der Waals surface area (Å²) in [6.07, 6.45) is -30.3. The Labute approximate surface area is 515 Å². The van der Waals surface area contributed by atoms with E-state index >= 15 is 0 Å². The number of aliphatic hydroxyl groups excluding tert-OH is 10. The monoisotopic (exact) mass is 1320 g/mol. The van der Waals surface area contributed by atoms with Gasteiger partial charge in [0, 0.05) is 78.3 Å². The molecule has 33 nitrogen and oxygen atoms in total. The summed E-state index contributed by atoms with van der Waals surface area (Å²) >= 11 is 2.87. The van der Waals surface area contributed by atoms with Crippen molar-refractivity contribution in [1.82, 2.24) is 0 Å². The molecular weight excluding hydrogens is 1220 g/mol. The maximum absolute atomic E-state index is 11.8. The summed E-state index contributed by atoms with van der Waals surface area (Å²) in [7, 11) is 3.24. The molecule has 7 rings (SSSR count). The Morgan fingerprint density at radius 3 is 1.29 bits per heavy atom. The lowest BCUT2D eigenvalue weighted by atomic mass is 9.84. The molecule has 0 radical (unpaired) electrons. The van der Waals surface area contributed by atoms with E-state index in [0.717, 1.165) is 0 Å². The molecule has 2 aliphatic carbocycles. The zero-order chi connectivity index (χ0) is 62.7. The van der Waals surface area contributed by atoms with Gasteiger partial charge in [-0.1, -0.05) is 21.6 Å². The number of hydrogen-bond donors (Lipinski definition) is 21. The van der Waals surface area contributed by atoms with Crippen LogP contribution in [-0.2, 0) is 56.8 Å². The Kier molecular flexibility index (Phi) is 29.9. The normalized spacial score (nSPS) is 47.8. The van der Waals surface area contributed by atoms with E-state index in [1.165, 1.54) is 23.5 Å². The van der Waals surface area contributed by atoms with Crippen LogP contribution >= 0.6 is 45.1 Å². The number of hydrogen-bond acceptors (Lipinski definition) is 37. The van der Waals surface area contributed by atoms with Crippen molar-refractivity contribution in [2.75, 3.05) is 80.6 Å². The Morgan fingerprint density at radius 1 is 0.326 bits per heavy atom. The van der Waals surface area contributed by atoms with E-state index in [9.17, 15) is 51.1 Å². The molecule has 33 atom stereocenters. The van der Waals surface area contributed by atoms with E-state index in [1.54, 1.807) is 21.6 Å². The number of nitrogens with two attached hydrogens (primary N) is 11. The Bertz CT molecular complexity index is 1970. The first-order chi connectivity index (χ1) is 41.0. The predicted octanol–water partition coefficient (Wildman–Crippen LogP) is -11.3. The molecule has 5 aliphatic heterocycles. The molecule has 5 saturated heterocycles. The average Bonchev–Trinajstić information content (AvgIpc) is 2.28. The van der Waals surface area contributed by atoms with Gasteiger partial charge in [-0.25, -0.2) is 0 Å². The fourth-order valence-electron chi connectivity index (χ4n) is 11.3. The third-order valence-corrected chi connectivity index (χ3v) is 20.8. The lowest BCUT2D eigenvalue weighted by molar-refractivity contribution is -0.309. The van der Waals surface area contributed by atoms with Gasteiger partial charge in [0.2, 0.25) is 0 Å². The van der Waals surface area contributed by atoms with Crippen molar-refractivity contribution in [1.29, 1.82) is 0 Å². The van der Waals surface area contributed by atoms with Crippen molar-refractivity contribution in [3.05, 3.63) is 0 Å². The van der Waals surface area contributed by atoms with Gasteiger partial charge >= 0.3 is 0 Å². The molecule has 0 aromatic carbocycles. The fraction of sp³-hybridized carbons (Fsp3) is 1.00. The third kappa shape index (κ3) is 18.5. The lowest BCUT2D eigenvalue weighted by Gasteiger charge is -2.48. The van der Waals surface area contributed by atoms with E-state index in [0.29, 0.717) is 49.4 Å². The second-order valence-electron chi connectivity index (χ2n) is 22.7. The largest absolute Gasteiger partial charge is 0.390 e. The van der Waals surface area contributed by atoms with Crippen LogP contribution in [0.5, 0.6) is 0 Å². The van der Waals surface area contributed by atoms with Gasteiger partial charge in [0.1, 0.15) is 85.5 Å². The van der Waals surface area contributed by atoms with Crippen LogP contribution in [0.25, 0.3) is 0 Å². The van der Waals surface area contributed by atoms with Crippen molar-refractivity contribution >= 4 is 45.1 Å². The first kappa shape index (κ1) is 73.5. The van der Waals surface area contributed by atoms with Gasteiger partial charge in [0.15, 0.2) is 31.5 Å². The topological polar surface area (TPSA) is 599 Å². The van der Waals surface area contributed by atoms with Crippen LogP contribution in [0.1, 0.15) is 19.3 Å². The van der Waals surface area contributed by atoms with Crippen LogP contribution in [0, 0.1) is 0 Å². The van der Waals surface area contributed by atoms with E-state index in [-0.39, 0.29) is 50.4 Å². The minimum absolute atomic E-state index is 0.0224. The number of ether oxygens (including phenoxy) is 12. The highest BCUT2D eigenvalue weighted by Gasteiger charge is 2.56. The molecule has 0 spiro atoms. The Morgan fingerprint density at radius 2 is 0.744 bits per heavy atom. The highest BCUT2D eigenvalue weighted by molar-refractivity contribution is 8.76. The summed E-state index contributed by atoms with van der Waals surface area (Å²) in [4.78, 5) is 0. The summed E-state index contributed by atoms with van der Waals surface area (Å²) < 4.78 is 72.2. The summed E-state index contributed by atoms with van der Waals surface area (Å²) in [5.74, 6) is 2.97. The molecule has 13 unspecified atom stereocenters. The minimum atomic E-state index is -1.57. The Balaban J connectivity index is 0.794. The zero-order valence-electron chi connectivity index (χ0n) is 47.7. The number of thioether (sulfide) groups is 2. The molecule has 504 valence electrons. The first-order valence-corrected chi connectivity index (χ1v) is 33.9. The van der Waals surface area contributed by atoms with Crippen molar-refractivity contribution in [2.45, 2.75) is 221 Å². The fourth-order valence-corrected chi connectivity index (χ4v) is 14.8. The second-order valence-corrected chi connectivity index (χ2v) is 27.7. The molecule has 7 fully saturated rings. The molecule has 0 bridgehead atoms. The van der Waals surface area contributed by atoms with Gasteiger partial charge in [-0.05, 0) is 19.3 Å². The average molecular weight is 1320 g/mol. The smallest absolute Gasteiger partial charge is 0.187 e. The van der Waals surface area contributed by atoms with Gasteiger partial charge < -0.3 is 171 Å².